The highest BCUT2D eigenvalue weighted by Gasteiger charge is 2.17. The number of hydrogen-bond acceptors (Lipinski definition) is 4. The van der Waals surface area contributed by atoms with Gasteiger partial charge in [-0.25, -0.2) is 9.97 Å². The number of aromatic nitrogens is 2. The lowest BCUT2D eigenvalue weighted by molar-refractivity contribution is 0.0928. The highest BCUT2D eigenvalue weighted by Crippen LogP contribution is 2.17. The third-order valence-electron chi connectivity index (χ3n) is 3.29. The van der Waals surface area contributed by atoms with Crippen molar-refractivity contribution in [2.45, 2.75) is 51.5 Å². The van der Waals surface area contributed by atoms with Crippen LogP contribution < -0.4 is 11.1 Å². The Labute approximate surface area is 107 Å². The van der Waals surface area contributed by atoms with Gasteiger partial charge in [-0.05, 0) is 25.8 Å². The van der Waals surface area contributed by atoms with Crippen molar-refractivity contribution < 1.29 is 4.79 Å². The lowest BCUT2D eigenvalue weighted by atomic mass is 10.1. The van der Waals surface area contributed by atoms with E-state index in [9.17, 15) is 4.79 Å². The standard InChI is InChI=1S/C13H20N4O/c1-9-8-11(17-13(14)15-9)12(18)16-10-6-4-2-3-5-7-10/h8,10H,2-7H2,1H3,(H,16,18)(H2,14,15,17). The van der Waals surface area contributed by atoms with E-state index < -0.39 is 0 Å². The summed E-state index contributed by atoms with van der Waals surface area (Å²) in [4.78, 5) is 20.0. The molecule has 1 aromatic heterocycles. The monoisotopic (exact) mass is 248 g/mol. The van der Waals surface area contributed by atoms with E-state index in [1.807, 2.05) is 0 Å². The van der Waals surface area contributed by atoms with Gasteiger partial charge in [0.05, 0.1) is 0 Å². The van der Waals surface area contributed by atoms with Gasteiger partial charge in [0.1, 0.15) is 5.69 Å². The van der Waals surface area contributed by atoms with Gasteiger partial charge in [0.15, 0.2) is 0 Å². The van der Waals surface area contributed by atoms with Gasteiger partial charge in [0.25, 0.3) is 5.91 Å². The maximum atomic E-state index is 12.1. The van der Waals surface area contributed by atoms with Crippen molar-refractivity contribution in [3.8, 4) is 0 Å². The number of carbonyl (C=O) groups is 1. The average Bonchev–Trinajstić information content (AvgIpc) is 2.56. The Balaban J connectivity index is 2.01. The van der Waals surface area contributed by atoms with Crippen molar-refractivity contribution in [3.63, 3.8) is 0 Å². The summed E-state index contributed by atoms with van der Waals surface area (Å²) in [5, 5.41) is 3.04. The molecule has 2 rings (SSSR count). The molecule has 1 saturated carbocycles. The Bertz CT molecular complexity index is 405. The van der Waals surface area contributed by atoms with Crippen molar-refractivity contribution >= 4 is 11.9 Å². The molecule has 18 heavy (non-hydrogen) atoms. The number of amides is 1. The van der Waals surface area contributed by atoms with Gasteiger partial charge in [-0.15, -0.1) is 0 Å². The van der Waals surface area contributed by atoms with E-state index in [1.54, 1.807) is 13.0 Å². The lowest BCUT2D eigenvalue weighted by Gasteiger charge is -2.15. The van der Waals surface area contributed by atoms with Gasteiger partial charge >= 0.3 is 0 Å². The molecule has 0 unspecified atom stereocenters. The quantitative estimate of drug-likeness (QED) is 0.782. The normalized spacial score (nSPS) is 17.2. The molecular weight excluding hydrogens is 228 g/mol. The van der Waals surface area contributed by atoms with Gasteiger partial charge in [-0.1, -0.05) is 25.7 Å². The predicted octanol–water partition coefficient (Wildman–Crippen LogP) is 1.82. The van der Waals surface area contributed by atoms with E-state index in [2.05, 4.69) is 15.3 Å². The number of nitrogens with two attached hydrogens (primary N) is 1. The fourth-order valence-electron chi connectivity index (χ4n) is 2.39. The molecule has 5 nitrogen and oxygen atoms in total. The number of nitrogens with one attached hydrogen (secondary N) is 1. The van der Waals surface area contributed by atoms with Crippen molar-refractivity contribution in [3.05, 3.63) is 17.5 Å². The van der Waals surface area contributed by atoms with Crippen LogP contribution in [-0.4, -0.2) is 21.9 Å². The number of rotatable bonds is 2. The number of anilines is 1. The predicted molar refractivity (Wildman–Crippen MR) is 70.1 cm³/mol. The minimum Gasteiger partial charge on any atom is -0.368 e. The van der Waals surface area contributed by atoms with Crippen LogP contribution in [0.2, 0.25) is 0 Å². The summed E-state index contributed by atoms with van der Waals surface area (Å²) in [5.74, 6) is 0.0140. The number of aryl methyl sites for hydroxylation is 1. The van der Waals surface area contributed by atoms with Crippen LogP contribution in [0.1, 0.15) is 54.7 Å². The first kappa shape index (κ1) is 12.8. The molecule has 1 aromatic rings. The number of hydrogen-bond donors (Lipinski definition) is 2. The van der Waals surface area contributed by atoms with Crippen LogP contribution in [0, 0.1) is 6.92 Å². The van der Waals surface area contributed by atoms with E-state index in [4.69, 9.17) is 5.73 Å². The molecule has 0 atom stereocenters. The molecule has 1 fully saturated rings. The van der Waals surface area contributed by atoms with Crippen LogP contribution in [0.15, 0.2) is 6.07 Å². The van der Waals surface area contributed by atoms with Crippen molar-refractivity contribution in [2.24, 2.45) is 0 Å². The van der Waals surface area contributed by atoms with Gasteiger partial charge in [0, 0.05) is 11.7 Å². The molecule has 1 aliphatic carbocycles. The molecule has 0 spiro atoms. The summed E-state index contributed by atoms with van der Waals surface area (Å²) in [6, 6.07) is 1.94. The summed E-state index contributed by atoms with van der Waals surface area (Å²) in [5.41, 5.74) is 6.63. The molecule has 0 aliphatic heterocycles. The minimum atomic E-state index is -0.140. The second-order valence-corrected chi connectivity index (χ2v) is 4.91. The number of nitrogen functional groups attached to an aromatic ring is 1. The maximum absolute atomic E-state index is 12.1. The molecule has 5 heteroatoms. The largest absolute Gasteiger partial charge is 0.368 e. The van der Waals surface area contributed by atoms with Crippen molar-refractivity contribution in [1.82, 2.24) is 15.3 Å². The Kier molecular flexibility index (Phi) is 4.12. The van der Waals surface area contributed by atoms with E-state index >= 15 is 0 Å². The first-order valence-corrected chi connectivity index (χ1v) is 6.57. The summed E-state index contributed by atoms with van der Waals surface area (Å²) < 4.78 is 0. The molecule has 98 valence electrons. The SMILES string of the molecule is Cc1cc(C(=O)NC2CCCCCC2)nc(N)n1. The molecule has 3 N–H and O–H groups in total. The summed E-state index contributed by atoms with van der Waals surface area (Å²) in [6.45, 7) is 1.81. The Hall–Kier alpha value is -1.65. The van der Waals surface area contributed by atoms with Crippen LogP contribution in [0.3, 0.4) is 0 Å². The molecule has 0 saturated heterocycles. The van der Waals surface area contributed by atoms with E-state index in [0.29, 0.717) is 11.4 Å². The number of carbonyl (C=O) groups excluding carboxylic acids is 1. The minimum absolute atomic E-state index is 0.140. The van der Waals surface area contributed by atoms with E-state index in [0.717, 1.165) is 12.8 Å². The zero-order valence-electron chi connectivity index (χ0n) is 10.8. The second-order valence-electron chi connectivity index (χ2n) is 4.91. The summed E-state index contributed by atoms with van der Waals surface area (Å²) in [7, 11) is 0. The van der Waals surface area contributed by atoms with E-state index in [-0.39, 0.29) is 17.9 Å². The third kappa shape index (κ3) is 3.42. The lowest BCUT2D eigenvalue weighted by Crippen LogP contribution is -2.35. The molecular formula is C13H20N4O. The van der Waals surface area contributed by atoms with Gasteiger partial charge in [-0.3, -0.25) is 4.79 Å². The fourth-order valence-corrected chi connectivity index (χ4v) is 2.39. The second kappa shape index (κ2) is 5.80. The summed E-state index contributed by atoms with van der Waals surface area (Å²) in [6.07, 6.45) is 7.04. The van der Waals surface area contributed by atoms with Crippen LogP contribution >= 0.6 is 0 Å². The van der Waals surface area contributed by atoms with Crippen molar-refractivity contribution in [2.75, 3.05) is 5.73 Å². The maximum Gasteiger partial charge on any atom is 0.270 e. The summed E-state index contributed by atoms with van der Waals surface area (Å²) >= 11 is 0. The van der Waals surface area contributed by atoms with Gasteiger partial charge < -0.3 is 11.1 Å². The van der Waals surface area contributed by atoms with Crippen molar-refractivity contribution in [1.29, 1.82) is 0 Å². The topological polar surface area (TPSA) is 80.9 Å². The Morgan fingerprint density at radius 3 is 2.56 bits per heavy atom. The van der Waals surface area contributed by atoms with E-state index in [1.165, 1.54) is 25.7 Å². The highest BCUT2D eigenvalue weighted by molar-refractivity contribution is 5.92. The Morgan fingerprint density at radius 1 is 1.28 bits per heavy atom. The third-order valence-corrected chi connectivity index (χ3v) is 3.29. The van der Waals surface area contributed by atoms with Gasteiger partial charge in [0.2, 0.25) is 5.95 Å². The molecule has 0 aromatic carbocycles. The van der Waals surface area contributed by atoms with Gasteiger partial charge in [-0.2, -0.15) is 0 Å². The first-order chi connectivity index (χ1) is 8.65. The zero-order valence-corrected chi connectivity index (χ0v) is 10.8. The van der Waals surface area contributed by atoms with Crippen LogP contribution in [0.5, 0.6) is 0 Å². The average molecular weight is 248 g/mol. The van der Waals surface area contributed by atoms with Crippen LogP contribution in [0.4, 0.5) is 5.95 Å². The number of nitrogens with zero attached hydrogens (tertiary/aromatic N) is 2. The first-order valence-electron chi connectivity index (χ1n) is 6.57. The molecule has 1 amide bonds. The highest BCUT2D eigenvalue weighted by atomic mass is 16.1. The van der Waals surface area contributed by atoms with Crippen LogP contribution in [0.25, 0.3) is 0 Å². The molecule has 1 aliphatic rings. The zero-order chi connectivity index (χ0) is 13.0. The van der Waals surface area contributed by atoms with Crippen LogP contribution in [-0.2, 0) is 0 Å². The Morgan fingerprint density at radius 2 is 1.94 bits per heavy atom. The fraction of sp³-hybridized carbons (Fsp3) is 0.615. The smallest absolute Gasteiger partial charge is 0.270 e. The molecule has 0 bridgehead atoms. The molecule has 0 radical (unpaired) electrons. The molecule has 1 heterocycles.